The first kappa shape index (κ1) is 21.1. The Hall–Kier alpha value is -2.57. The summed E-state index contributed by atoms with van der Waals surface area (Å²) in [5, 5.41) is 3.03. The molecular weight excluding hydrogens is 366 g/mol. The van der Waals surface area contributed by atoms with Crippen LogP contribution >= 0.6 is 0 Å². The van der Waals surface area contributed by atoms with Gasteiger partial charge in [-0.25, -0.2) is 0 Å². The number of rotatable bonds is 7. The highest BCUT2D eigenvalue weighted by Crippen LogP contribution is 2.25. The summed E-state index contributed by atoms with van der Waals surface area (Å²) in [6, 6.07) is 12.0. The third kappa shape index (κ3) is 5.95. The number of benzene rings is 2. The molecule has 1 N–H and O–H groups in total. The Morgan fingerprint density at radius 2 is 1.59 bits per heavy atom. The van der Waals surface area contributed by atoms with Crippen LogP contribution in [-0.2, 0) is 11.3 Å². The monoisotopic (exact) mass is 397 g/mol. The van der Waals surface area contributed by atoms with Crippen molar-refractivity contribution >= 4 is 11.6 Å². The first-order valence-corrected chi connectivity index (χ1v) is 10.0. The van der Waals surface area contributed by atoms with Gasteiger partial charge in [0, 0.05) is 44.0 Å². The summed E-state index contributed by atoms with van der Waals surface area (Å²) in [7, 11) is 3.37. The molecule has 0 radical (unpaired) electrons. The Labute approximate surface area is 173 Å². The summed E-state index contributed by atoms with van der Waals surface area (Å²) in [6.07, 6.45) is 0. The van der Waals surface area contributed by atoms with Crippen molar-refractivity contribution in [1.29, 1.82) is 0 Å². The van der Waals surface area contributed by atoms with Crippen molar-refractivity contribution in [2.75, 3.05) is 52.3 Å². The number of hydrogen-bond donors (Lipinski definition) is 1. The first-order chi connectivity index (χ1) is 14.0. The fourth-order valence-electron chi connectivity index (χ4n) is 3.80. The molecule has 0 aliphatic carbocycles. The van der Waals surface area contributed by atoms with Gasteiger partial charge >= 0.3 is 0 Å². The number of piperazine rings is 1. The van der Waals surface area contributed by atoms with Crippen LogP contribution in [-0.4, -0.2) is 62.7 Å². The van der Waals surface area contributed by atoms with Crippen LogP contribution in [0.5, 0.6) is 11.5 Å². The molecule has 1 heterocycles. The van der Waals surface area contributed by atoms with E-state index < -0.39 is 0 Å². The fourth-order valence-corrected chi connectivity index (χ4v) is 3.80. The molecule has 2 aromatic rings. The first-order valence-electron chi connectivity index (χ1n) is 10.0. The summed E-state index contributed by atoms with van der Waals surface area (Å²) in [5.41, 5.74) is 4.30. The molecule has 0 spiro atoms. The van der Waals surface area contributed by atoms with E-state index in [1.807, 2.05) is 44.2 Å². The van der Waals surface area contributed by atoms with Gasteiger partial charge in [0.1, 0.15) is 11.5 Å². The van der Waals surface area contributed by atoms with E-state index in [4.69, 9.17) is 9.47 Å². The van der Waals surface area contributed by atoms with E-state index in [1.165, 1.54) is 0 Å². The van der Waals surface area contributed by atoms with Gasteiger partial charge in [-0.05, 0) is 55.3 Å². The number of carbonyl (C=O) groups excluding carboxylic acids is 1. The number of ether oxygens (including phenoxy) is 2. The molecule has 0 atom stereocenters. The van der Waals surface area contributed by atoms with E-state index in [-0.39, 0.29) is 5.91 Å². The lowest BCUT2D eigenvalue weighted by Gasteiger charge is -2.34. The van der Waals surface area contributed by atoms with Crippen LogP contribution in [0.2, 0.25) is 0 Å². The van der Waals surface area contributed by atoms with Crippen LogP contribution in [0.25, 0.3) is 0 Å². The lowest BCUT2D eigenvalue weighted by Crippen LogP contribution is -2.48. The second-order valence-corrected chi connectivity index (χ2v) is 7.65. The van der Waals surface area contributed by atoms with Gasteiger partial charge in [0.05, 0.1) is 20.8 Å². The van der Waals surface area contributed by atoms with Crippen LogP contribution in [0, 0.1) is 13.8 Å². The highest BCUT2D eigenvalue weighted by Gasteiger charge is 2.20. The number of carbonyl (C=O) groups is 1. The summed E-state index contributed by atoms with van der Waals surface area (Å²) < 4.78 is 10.8. The maximum atomic E-state index is 12.4. The van der Waals surface area contributed by atoms with Crippen LogP contribution in [0.1, 0.15) is 16.7 Å². The van der Waals surface area contributed by atoms with E-state index in [0.29, 0.717) is 6.54 Å². The molecule has 1 saturated heterocycles. The summed E-state index contributed by atoms with van der Waals surface area (Å²) >= 11 is 0. The second kappa shape index (κ2) is 9.76. The highest BCUT2D eigenvalue weighted by molar-refractivity contribution is 5.92. The van der Waals surface area contributed by atoms with Crippen molar-refractivity contribution in [2.45, 2.75) is 20.4 Å². The minimum atomic E-state index is 0.0397. The Kier molecular flexibility index (Phi) is 7.12. The van der Waals surface area contributed by atoms with Crippen LogP contribution in [0.15, 0.2) is 36.4 Å². The lowest BCUT2D eigenvalue weighted by molar-refractivity contribution is -0.117. The Morgan fingerprint density at radius 3 is 2.21 bits per heavy atom. The molecule has 6 nitrogen and oxygen atoms in total. The molecule has 1 aliphatic heterocycles. The molecule has 2 aromatic carbocycles. The number of aryl methyl sites for hydroxylation is 2. The predicted octanol–water partition coefficient (Wildman–Crippen LogP) is 3.08. The van der Waals surface area contributed by atoms with E-state index in [2.05, 4.69) is 21.2 Å². The minimum absolute atomic E-state index is 0.0397. The number of nitrogens with zero attached hydrogens (tertiary/aromatic N) is 2. The summed E-state index contributed by atoms with van der Waals surface area (Å²) in [4.78, 5) is 17.0. The largest absolute Gasteiger partial charge is 0.497 e. The molecule has 1 amide bonds. The average molecular weight is 398 g/mol. The maximum Gasteiger partial charge on any atom is 0.238 e. The van der Waals surface area contributed by atoms with E-state index in [9.17, 15) is 4.79 Å². The molecule has 3 rings (SSSR count). The van der Waals surface area contributed by atoms with Gasteiger partial charge in [-0.3, -0.25) is 14.6 Å². The molecule has 6 heteroatoms. The van der Waals surface area contributed by atoms with Crippen molar-refractivity contribution in [1.82, 2.24) is 9.80 Å². The number of anilines is 1. The zero-order valence-electron chi connectivity index (χ0n) is 17.8. The van der Waals surface area contributed by atoms with Crippen molar-refractivity contribution in [3.63, 3.8) is 0 Å². The van der Waals surface area contributed by atoms with Gasteiger partial charge in [0.15, 0.2) is 0 Å². The Morgan fingerprint density at radius 1 is 0.931 bits per heavy atom. The molecule has 0 bridgehead atoms. The number of amides is 1. The molecular formula is C23H31N3O3. The van der Waals surface area contributed by atoms with Gasteiger partial charge in [0.25, 0.3) is 0 Å². The molecule has 0 aromatic heterocycles. The standard InChI is InChI=1S/C23H31N3O3/c1-17-11-18(2)13-20(12-17)24-23(27)16-26-9-7-25(8-10-26)15-19-14-21(28-3)5-6-22(19)29-4/h5-6,11-14H,7-10,15-16H2,1-4H3,(H,24,27). The van der Waals surface area contributed by atoms with Crippen molar-refractivity contribution in [2.24, 2.45) is 0 Å². The molecule has 156 valence electrons. The van der Waals surface area contributed by atoms with Gasteiger partial charge < -0.3 is 14.8 Å². The van der Waals surface area contributed by atoms with Crippen molar-refractivity contribution in [3.05, 3.63) is 53.1 Å². The molecule has 29 heavy (non-hydrogen) atoms. The lowest BCUT2D eigenvalue weighted by atomic mass is 10.1. The number of hydrogen-bond acceptors (Lipinski definition) is 5. The normalized spacial score (nSPS) is 15.2. The van der Waals surface area contributed by atoms with Gasteiger partial charge in [0.2, 0.25) is 5.91 Å². The van der Waals surface area contributed by atoms with Gasteiger partial charge in [-0.1, -0.05) is 6.07 Å². The third-order valence-corrected chi connectivity index (χ3v) is 5.22. The highest BCUT2D eigenvalue weighted by atomic mass is 16.5. The van der Waals surface area contributed by atoms with E-state index in [0.717, 1.165) is 66.6 Å². The molecule has 0 saturated carbocycles. The predicted molar refractivity (Wildman–Crippen MR) is 116 cm³/mol. The smallest absolute Gasteiger partial charge is 0.238 e. The summed E-state index contributed by atoms with van der Waals surface area (Å²) in [6.45, 7) is 8.87. The zero-order chi connectivity index (χ0) is 20.8. The van der Waals surface area contributed by atoms with Crippen LogP contribution < -0.4 is 14.8 Å². The average Bonchev–Trinajstić information content (AvgIpc) is 2.68. The van der Waals surface area contributed by atoms with Crippen LogP contribution in [0.4, 0.5) is 5.69 Å². The summed E-state index contributed by atoms with van der Waals surface area (Å²) in [5.74, 6) is 1.75. The van der Waals surface area contributed by atoms with E-state index in [1.54, 1.807) is 14.2 Å². The fraction of sp³-hybridized carbons (Fsp3) is 0.435. The quantitative estimate of drug-likeness (QED) is 0.778. The number of nitrogens with one attached hydrogen (secondary N) is 1. The molecule has 1 aliphatic rings. The minimum Gasteiger partial charge on any atom is -0.497 e. The van der Waals surface area contributed by atoms with Crippen molar-refractivity contribution < 1.29 is 14.3 Å². The maximum absolute atomic E-state index is 12.4. The third-order valence-electron chi connectivity index (χ3n) is 5.22. The van der Waals surface area contributed by atoms with Gasteiger partial charge in [-0.15, -0.1) is 0 Å². The zero-order valence-corrected chi connectivity index (χ0v) is 17.8. The topological polar surface area (TPSA) is 54.0 Å². The number of methoxy groups -OCH3 is 2. The van der Waals surface area contributed by atoms with E-state index >= 15 is 0 Å². The Balaban J connectivity index is 1.50. The Bertz CT molecular complexity index is 825. The van der Waals surface area contributed by atoms with Crippen LogP contribution in [0.3, 0.4) is 0 Å². The SMILES string of the molecule is COc1ccc(OC)c(CN2CCN(CC(=O)Nc3cc(C)cc(C)c3)CC2)c1. The molecule has 1 fully saturated rings. The van der Waals surface area contributed by atoms with Crippen molar-refractivity contribution in [3.8, 4) is 11.5 Å². The second-order valence-electron chi connectivity index (χ2n) is 7.65. The molecule has 0 unspecified atom stereocenters. The van der Waals surface area contributed by atoms with Gasteiger partial charge in [-0.2, -0.15) is 0 Å².